The van der Waals surface area contributed by atoms with Gasteiger partial charge in [-0.1, -0.05) is 13.3 Å². The highest BCUT2D eigenvalue weighted by Gasteiger charge is 2.16. The molecule has 8 heteroatoms. The number of nitrogens with zero attached hydrogens (tertiary/aromatic N) is 2. The third-order valence-electron chi connectivity index (χ3n) is 4.55. The first kappa shape index (κ1) is 21.3. The maximum absolute atomic E-state index is 12.9. The third kappa shape index (κ3) is 5.33. The van der Waals surface area contributed by atoms with Gasteiger partial charge in [0.05, 0.1) is 47.0 Å². The zero-order valence-electron chi connectivity index (χ0n) is 17.2. The van der Waals surface area contributed by atoms with Crippen LogP contribution in [0.25, 0.3) is 11.0 Å². The van der Waals surface area contributed by atoms with Gasteiger partial charge in [0.25, 0.3) is 0 Å². The van der Waals surface area contributed by atoms with Gasteiger partial charge in [0.2, 0.25) is 0 Å². The second-order valence-electron chi connectivity index (χ2n) is 6.71. The number of rotatable bonds is 10. The van der Waals surface area contributed by atoms with Crippen molar-refractivity contribution in [3.63, 3.8) is 0 Å². The van der Waals surface area contributed by atoms with Crippen LogP contribution in [0, 0.1) is 6.92 Å². The van der Waals surface area contributed by atoms with Crippen molar-refractivity contribution in [1.82, 2.24) is 15.0 Å². The molecule has 3 rings (SSSR count). The van der Waals surface area contributed by atoms with Crippen molar-refractivity contribution in [2.45, 2.75) is 50.8 Å². The lowest BCUT2D eigenvalue weighted by Gasteiger charge is -2.17. The van der Waals surface area contributed by atoms with Crippen LogP contribution in [-0.4, -0.2) is 39.2 Å². The van der Waals surface area contributed by atoms with Crippen molar-refractivity contribution in [2.75, 3.05) is 13.7 Å². The molecular formula is C21H27N3O4S. The van der Waals surface area contributed by atoms with Crippen molar-refractivity contribution < 1.29 is 18.4 Å². The molecule has 0 saturated carbocycles. The molecule has 0 saturated heterocycles. The monoisotopic (exact) mass is 417 g/mol. The van der Waals surface area contributed by atoms with Gasteiger partial charge in [-0.2, -0.15) is 0 Å². The number of methoxy groups -OCH3 is 1. The van der Waals surface area contributed by atoms with E-state index in [-0.39, 0.29) is 12.0 Å². The van der Waals surface area contributed by atoms with E-state index in [1.807, 2.05) is 32.0 Å². The van der Waals surface area contributed by atoms with Gasteiger partial charge >= 0.3 is 0 Å². The highest BCUT2D eigenvalue weighted by Crippen LogP contribution is 2.24. The molecule has 0 bridgehead atoms. The van der Waals surface area contributed by atoms with Crippen molar-refractivity contribution in [2.24, 2.45) is 0 Å². The molecule has 0 aliphatic rings. The van der Waals surface area contributed by atoms with Crippen molar-refractivity contribution in [1.29, 1.82) is 0 Å². The van der Waals surface area contributed by atoms with E-state index in [9.17, 15) is 4.21 Å². The Labute approximate surface area is 173 Å². The van der Waals surface area contributed by atoms with Gasteiger partial charge in [-0.3, -0.25) is 9.19 Å². The van der Waals surface area contributed by atoms with E-state index in [2.05, 4.69) is 21.9 Å². The predicted octanol–water partition coefficient (Wildman–Crippen LogP) is 4.12. The molecule has 0 aliphatic heterocycles. The summed E-state index contributed by atoms with van der Waals surface area (Å²) in [5.41, 5.74) is 3.09. The SMILES string of the molecule is CCCCOC(C)Oc1ccnc(CS(=O)c2nc3ccc(OC)cc3[nH]2)c1C. The van der Waals surface area contributed by atoms with E-state index in [4.69, 9.17) is 14.2 Å². The van der Waals surface area contributed by atoms with Gasteiger partial charge < -0.3 is 19.2 Å². The topological polar surface area (TPSA) is 86.3 Å². The third-order valence-corrected chi connectivity index (χ3v) is 5.71. The summed E-state index contributed by atoms with van der Waals surface area (Å²) in [6, 6.07) is 7.30. The first-order valence-electron chi connectivity index (χ1n) is 9.66. The summed E-state index contributed by atoms with van der Waals surface area (Å²) in [6.45, 7) is 6.56. The lowest BCUT2D eigenvalue weighted by molar-refractivity contribution is -0.0677. The van der Waals surface area contributed by atoms with Gasteiger partial charge in [-0.15, -0.1) is 0 Å². The average molecular weight is 418 g/mol. The molecule has 0 aliphatic carbocycles. The Bertz CT molecular complexity index is 989. The molecule has 0 fully saturated rings. The summed E-state index contributed by atoms with van der Waals surface area (Å²) in [7, 11) is 0.237. The summed E-state index contributed by atoms with van der Waals surface area (Å²) in [6.07, 6.45) is 3.38. The Kier molecular flexibility index (Phi) is 7.22. The number of ether oxygens (including phenoxy) is 3. The van der Waals surface area contributed by atoms with E-state index >= 15 is 0 Å². The number of hydrogen-bond acceptors (Lipinski definition) is 6. The predicted molar refractivity (Wildman–Crippen MR) is 113 cm³/mol. The van der Waals surface area contributed by atoms with Gasteiger partial charge in [0.1, 0.15) is 11.5 Å². The van der Waals surface area contributed by atoms with Crippen molar-refractivity contribution >= 4 is 21.8 Å². The molecule has 3 aromatic rings. The second kappa shape index (κ2) is 9.84. The summed E-state index contributed by atoms with van der Waals surface area (Å²) >= 11 is 0. The summed E-state index contributed by atoms with van der Waals surface area (Å²) < 4.78 is 29.7. The lowest BCUT2D eigenvalue weighted by atomic mass is 10.2. The minimum atomic E-state index is -1.37. The molecule has 1 N–H and O–H groups in total. The summed E-state index contributed by atoms with van der Waals surface area (Å²) in [4.78, 5) is 11.9. The highest BCUT2D eigenvalue weighted by molar-refractivity contribution is 7.84. The number of fused-ring (bicyclic) bond motifs is 1. The molecule has 2 unspecified atom stereocenters. The molecular weight excluding hydrogens is 390 g/mol. The first-order chi connectivity index (χ1) is 14.0. The maximum atomic E-state index is 12.9. The molecule has 2 atom stereocenters. The fraction of sp³-hybridized carbons (Fsp3) is 0.429. The molecule has 1 aromatic carbocycles. The Hall–Kier alpha value is -2.45. The van der Waals surface area contributed by atoms with Gasteiger partial charge in [-0.05, 0) is 38.5 Å². The zero-order valence-corrected chi connectivity index (χ0v) is 18.0. The maximum Gasteiger partial charge on any atom is 0.197 e. The van der Waals surface area contributed by atoms with Crippen LogP contribution in [0.5, 0.6) is 11.5 Å². The van der Waals surface area contributed by atoms with E-state index in [0.29, 0.717) is 23.2 Å². The second-order valence-corrected chi connectivity index (χ2v) is 8.07. The Morgan fingerprint density at radius 1 is 1.28 bits per heavy atom. The number of hydrogen-bond donors (Lipinski definition) is 1. The smallest absolute Gasteiger partial charge is 0.197 e. The Balaban J connectivity index is 1.72. The molecule has 0 spiro atoms. The van der Waals surface area contributed by atoms with Crippen molar-refractivity contribution in [3.8, 4) is 11.5 Å². The number of aromatic amines is 1. The quantitative estimate of drug-likeness (QED) is 0.394. The Morgan fingerprint density at radius 3 is 2.86 bits per heavy atom. The van der Waals surface area contributed by atoms with Crippen LogP contribution in [0.3, 0.4) is 0 Å². The fourth-order valence-corrected chi connectivity index (χ4v) is 3.93. The zero-order chi connectivity index (χ0) is 20.8. The number of benzene rings is 1. The number of aromatic nitrogens is 3. The van der Waals surface area contributed by atoms with Crippen molar-refractivity contribution in [3.05, 3.63) is 41.7 Å². The minimum Gasteiger partial charge on any atom is -0.497 e. The molecule has 29 heavy (non-hydrogen) atoms. The van der Waals surface area contributed by atoms with Crippen LogP contribution in [0.4, 0.5) is 0 Å². The van der Waals surface area contributed by atoms with Crippen LogP contribution >= 0.6 is 0 Å². The normalized spacial score (nSPS) is 13.4. The molecule has 7 nitrogen and oxygen atoms in total. The average Bonchev–Trinajstić information content (AvgIpc) is 3.14. The van der Waals surface area contributed by atoms with Gasteiger partial charge in [0.15, 0.2) is 11.4 Å². The minimum absolute atomic E-state index is 0.241. The van der Waals surface area contributed by atoms with Gasteiger partial charge in [0, 0.05) is 17.8 Å². The fourth-order valence-electron chi connectivity index (χ4n) is 2.83. The van der Waals surface area contributed by atoms with Crippen LogP contribution in [0.2, 0.25) is 0 Å². The first-order valence-corrected chi connectivity index (χ1v) is 11.0. The van der Waals surface area contributed by atoms with Crippen LogP contribution in [-0.2, 0) is 21.3 Å². The van der Waals surface area contributed by atoms with Crippen LogP contribution in [0.1, 0.15) is 37.9 Å². The summed E-state index contributed by atoms with van der Waals surface area (Å²) in [5.74, 6) is 1.65. The number of imidazole rings is 1. The van der Waals surface area contributed by atoms with Gasteiger partial charge in [-0.25, -0.2) is 4.98 Å². The largest absolute Gasteiger partial charge is 0.497 e. The molecule has 2 aromatic heterocycles. The lowest BCUT2D eigenvalue weighted by Crippen LogP contribution is -2.18. The molecule has 0 radical (unpaired) electrons. The van der Waals surface area contributed by atoms with E-state index in [1.165, 1.54) is 0 Å². The molecule has 2 heterocycles. The number of H-pyrrole nitrogens is 1. The molecule has 156 valence electrons. The van der Waals surface area contributed by atoms with Crippen LogP contribution < -0.4 is 9.47 Å². The van der Waals surface area contributed by atoms with E-state index in [1.54, 1.807) is 19.4 Å². The standard InChI is InChI=1S/C21H27N3O4S/c1-5-6-11-27-15(3)28-20-9-10-22-19(14(20)2)13-29(25)21-23-17-8-7-16(26-4)12-18(17)24-21/h7-10,12,15H,5-6,11,13H2,1-4H3,(H,23,24). The van der Waals surface area contributed by atoms with E-state index in [0.717, 1.165) is 35.2 Å². The highest BCUT2D eigenvalue weighted by atomic mass is 32.2. The Morgan fingerprint density at radius 2 is 2.10 bits per heavy atom. The number of nitrogens with one attached hydrogen (secondary N) is 1. The molecule has 0 amide bonds. The van der Waals surface area contributed by atoms with E-state index < -0.39 is 10.8 Å². The van der Waals surface area contributed by atoms with Crippen LogP contribution in [0.15, 0.2) is 35.6 Å². The number of unbranched alkanes of at least 4 members (excludes halogenated alkanes) is 1. The summed E-state index contributed by atoms with van der Waals surface area (Å²) in [5, 5.41) is 0.414. The number of pyridine rings is 1.